The number of benzene rings is 1. The van der Waals surface area contributed by atoms with Crippen LogP contribution in [0.4, 0.5) is 8.78 Å². The van der Waals surface area contributed by atoms with Gasteiger partial charge in [0.1, 0.15) is 24.0 Å². The summed E-state index contributed by atoms with van der Waals surface area (Å²) in [4.78, 5) is 14.4. The van der Waals surface area contributed by atoms with Gasteiger partial charge in [0.15, 0.2) is 0 Å². The molecule has 2 aromatic rings. The number of carbonyl (C=O) groups is 1. The lowest BCUT2D eigenvalue weighted by Crippen LogP contribution is -2.01. The number of pyridine rings is 1. The molecule has 0 unspecified atom stereocenters. The highest BCUT2D eigenvalue weighted by Crippen LogP contribution is 2.15. The van der Waals surface area contributed by atoms with Gasteiger partial charge in [0.2, 0.25) is 0 Å². The van der Waals surface area contributed by atoms with Crippen molar-refractivity contribution in [3.8, 4) is 5.75 Å². The molecule has 0 aliphatic heterocycles. The number of aromatic nitrogens is 1. The third-order valence-electron chi connectivity index (χ3n) is 2.29. The molecule has 2 rings (SSSR count). The second-order valence-electron chi connectivity index (χ2n) is 3.78. The first kappa shape index (κ1) is 12.9. The van der Waals surface area contributed by atoms with Crippen LogP contribution in [0.3, 0.4) is 0 Å². The molecular weight excluding hydrogens is 256 g/mol. The fourth-order valence-electron chi connectivity index (χ4n) is 1.48. The van der Waals surface area contributed by atoms with E-state index in [0.29, 0.717) is 5.56 Å². The van der Waals surface area contributed by atoms with E-state index in [-0.39, 0.29) is 17.9 Å². The van der Waals surface area contributed by atoms with E-state index in [1.165, 1.54) is 18.5 Å². The molecule has 4 nitrogen and oxygen atoms in total. The number of nitrogens with zero attached hydrogens (tertiary/aromatic N) is 1. The summed E-state index contributed by atoms with van der Waals surface area (Å²) in [7, 11) is 0. The standard InChI is InChI=1S/C13H9F2NO3/c14-10-1-8(2-11(15)4-10)7-19-12-3-9(13(17)18)5-16-6-12/h1-6H,7H2,(H,17,18). The minimum atomic E-state index is -1.13. The summed E-state index contributed by atoms with van der Waals surface area (Å²) in [5.74, 6) is -2.31. The predicted molar refractivity (Wildman–Crippen MR) is 61.9 cm³/mol. The molecule has 0 aliphatic rings. The van der Waals surface area contributed by atoms with E-state index >= 15 is 0 Å². The number of aromatic carboxylic acids is 1. The maximum absolute atomic E-state index is 12.9. The molecule has 19 heavy (non-hydrogen) atoms. The lowest BCUT2D eigenvalue weighted by molar-refractivity contribution is 0.0696. The van der Waals surface area contributed by atoms with Gasteiger partial charge in [-0.25, -0.2) is 13.6 Å². The van der Waals surface area contributed by atoms with Crippen LogP contribution in [-0.4, -0.2) is 16.1 Å². The monoisotopic (exact) mass is 265 g/mol. The Bertz CT molecular complexity index is 596. The summed E-state index contributed by atoms with van der Waals surface area (Å²) < 4.78 is 31.1. The largest absolute Gasteiger partial charge is 0.487 e. The highest BCUT2D eigenvalue weighted by atomic mass is 19.1. The number of ether oxygens (including phenoxy) is 1. The van der Waals surface area contributed by atoms with E-state index in [1.807, 2.05) is 0 Å². The van der Waals surface area contributed by atoms with Gasteiger partial charge in [0.25, 0.3) is 0 Å². The number of carboxylic acid groups (broad SMARTS) is 1. The molecule has 0 saturated heterocycles. The van der Waals surface area contributed by atoms with Crippen molar-refractivity contribution in [1.82, 2.24) is 4.98 Å². The van der Waals surface area contributed by atoms with Crippen LogP contribution in [0.2, 0.25) is 0 Å². The zero-order valence-electron chi connectivity index (χ0n) is 9.64. The first-order valence-electron chi connectivity index (χ1n) is 5.31. The maximum Gasteiger partial charge on any atom is 0.337 e. The van der Waals surface area contributed by atoms with Crippen LogP contribution in [-0.2, 0) is 6.61 Å². The minimum Gasteiger partial charge on any atom is -0.487 e. The molecule has 1 aromatic heterocycles. The van der Waals surface area contributed by atoms with Crippen LogP contribution >= 0.6 is 0 Å². The van der Waals surface area contributed by atoms with E-state index in [4.69, 9.17) is 9.84 Å². The van der Waals surface area contributed by atoms with Crippen molar-refractivity contribution in [3.05, 3.63) is 59.4 Å². The number of carboxylic acids is 1. The summed E-state index contributed by atoms with van der Waals surface area (Å²) in [5.41, 5.74) is 0.279. The molecule has 0 radical (unpaired) electrons. The third kappa shape index (κ3) is 3.48. The topological polar surface area (TPSA) is 59.4 Å². The summed E-state index contributed by atoms with van der Waals surface area (Å²) >= 11 is 0. The van der Waals surface area contributed by atoms with Crippen molar-refractivity contribution in [2.24, 2.45) is 0 Å². The number of rotatable bonds is 4. The van der Waals surface area contributed by atoms with Gasteiger partial charge < -0.3 is 9.84 Å². The van der Waals surface area contributed by atoms with Gasteiger partial charge in [-0.3, -0.25) is 4.98 Å². The molecule has 0 fully saturated rings. The van der Waals surface area contributed by atoms with Crippen LogP contribution < -0.4 is 4.74 Å². The van der Waals surface area contributed by atoms with Gasteiger partial charge in [-0.05, 0) is 23.8 Å². The van der Waals surface area contributed by atoms with Gasteiger partial charge >= 0.3 is 5.97 Å². The molecule has 1 aromatic carbocycles. The van der Waals surface area contributed by atoms with Crippen LogP contribution in [0.15, 0.2) is 36.7 Å². The smallest absolute Gasteiger partial charge is 0.337 e. The van der Waals surface area contributed by atoms with E-state index in [1.54, 1.807) is 0 Å². The van der Waals surface area contributed by atoms with E-state index in [0.717, 1.165) is 18.2 Å². The zero-order chi connectivity index (χ0) is 13.8. The van der Waals surface area contributed by atoms with E-state index < -0.39 is 17.6 Å². The minimum absolute atomic E-state index is 0.0251. The molecule has 0 saturated carbocycles. The highest BCUT2D eigenvalue weighted by molar-refractivity contribution is 5.87. The average Bonchev–Trinajstić information content (AvgIpc) is 2.35. The predicted octanol–water partition coefficient (Wildman–Crippen LogP) is 2.64. The molecule has 0 amide bonds. The first-order chi connectivity index (χ1) is 9.04. The Balaban J connectivity index is 2.10. The van der Waals surface area contributed by atoms with Crippen molar-refractivity contribution in [2.45, 2.75) is 6.61 Å². The average molecular weight is 265 g/mol. The van der Waals surface area contributed by atoms with Crippen molar-refractivity contribution < 1.29 is 23.4 Å². The Kier molecular flexibility index (Phi) is 3.70. The molecule has 0 bridgehead atoms. The summed E-state index contributed by atoms with van der Waals surface area (Å²) in [6.45, 7) is -0.0839. The fourth-order valence-corrected chi connectivity index (χ4v) is 1.48. The molecule has 0 aliphatic carbocycles. The van der Waals surface area contributed by atoms with Gasteiger partial charge in [0, 0.05) is 12.3 Å². The lowest BCUT2D eigenvalue weighted by Gasteiger charge is -2.06. The Morgan fingerprint density at radius 1 is 1.16 bits per heavy atom. The van der Waals surface area contributed by atoms with Crippen LogP contribution in [0.1, 0.15) is 15.9 Å². The molecule has 98 valence electrons. The molecule has 1 heterocycles. The molecule has 0 spiro atoms. The van der Waals surface area contributed by atoms with E-state index in [9.17, 15) is 13.6 Å². The Morgan fingerprint density at radius 2 is 1.84 bits per heavy atom. The second-order valence-corrected chi connectivity index (χ2v) is 3.78. The van der Waals surface area contributed by atoms with Crippen LogP contribution in [0, 0.1) is 11.6 Å². The Hall–Kier alpha value is -2.50. The quantitative estimate of drug-likeness (QED) is 0.923. The molecular formula is C13H9F2NO3. The number of hydrogen-bond donors (Lipinski definition) is 1. The van der Waals surface area contributed by atoms with Crippen molar-refractivity contribution in [3.63, 3.8) is 0 Å². The second kappa shape index (κ2) is 5.43. The zero-order valence-corrected chi connectivity index (χ0v) is 9.64. The van der Waals surface area contributed by atoms with Gasteiger partial charge in [0.05, 0.1) is 11.8 Å². The third-order valence-corrected chi connectivity index (χ3v) is 2.29. The fraction of sp³-hybridized carbons (Fsp3) is 0.0769. The number of hydrogen-bond acceptors (Lipinski definition) is 3. The molecule has 0 atom stereocenters. The van der Waals surface area contributed by atoms with E-state index in [2.05, 4.69) is 4.98 Å². The van der Waals surface area contributed by atoms with Gasteiger partial charge in [-0.15, -0.1) is 0 Å². The van der Waals surface area contributed by atoms with Crippen molar-refractivity contribution >= 4 is 5.97 Å². The first-order valence-corrected chi connectivity index (χ1v) is 5.31. The van der Waals surface area contributed by atoms with Crippen molar-refractivity contribution in [2.75, 3.05) is 0 Å². The van der Waals surface area contributed by atoms with Gasteiger partial charge in [-0.2, -0.15) is 0 Å². The lowest BCUT2D eigenvalue weighted by atomic mass is 10.2. The number of halogens is 2. The van der Waals surface area contributed by atoms with Crippen molar-refractivity contribution in [1.29, 1.82) is 0 Å². The maximum atomic E-state index is 12.9. The molecule has 1 N–H and O–H groups in total. The summed E-state index contributed by atoms with van der Waals surface area (Å²) in [6.07, 6.45) is 2.50. The Labute approximate surface area is 107 Å². The normalized spacial score (nSPS) is 10.2. The molecule has 6 heteroatoms. The summed E-state index contributed by atoms with van der Waals surface area (Å²) in [5, 5.41) is 8.77. The highest BCUT2D eigenvalue weighted by Gasteiger charge is 2.06. The Morgan fingerprint density at radius 3 is 2.47 bits per heavy atom. The van der Waals surface area contributed by atoms with Gasteiger partial charge in [-0.1, -0.05) is 0 Å². The van der Waals surface area contributed by atoms with Crippen LogP contribution in [0.5, 0.6) is 5.75 Å². The SMILES string of the molecule is O=C(O)c1cncc(OCc2cc(F)cc(F)c2)c1. The van der Waals surface area contributed by atoms with Crippen LogP contribution in [0.25, 0.3) is 0 Å². The summed E-state index contributed by atoms with van der Waals surface area (Å²) in [6, 6.07) is 4.32.